The Kier molecular flexibility index (Phi) is 3.06. The predicted octanol–water partition coefficient (Wildman–Crippen LogP) is 2.81. The molecule has 0 spiro atoms. The van der Waals surface area contributed by atoms with Gasteiger partial charge in [0.15, 0.2) is 0 Å². The lowest BCUT2D eigenvalue weighted by atomic mass is 10.0. The summed E-state index contributed by atoms with van der Waals surface area (Å²) in [6, 6.07) is 10.1. The highest BCUT2D eigenvalue weighted by Gasteiger charge is 2.09. The van der Waals surface area contributed by atoms with Crippen molar-refractivity contribution in [2.45, 2.75) is 20.3 Å². The number of para-hydroxylation sites is 1. The number of anilines is 1. The number of benzene rings is 1. The molecule has 0 bridgehead atoms. The van der Waals surface area contributed by atoms with Gasteiger partial charge in [0.2, 0.25) is 0 Å². The Morgan fingerprint density at radius 3 is 2.60 bits per heavy atom. The van der Waals surface area contributed by atoms with E-state index in [1.165, 1.54) is 5.56 Å². The highest BCUT2D eigenvalue weighted by atomic mass is 14.9. The first-order valence-corrected chi connectivity index (χ1v) is 6.57. The number of nitrogens with zero attached hydrogens (tertiary/aromatic N) is 3. The highest BCUT2D eigenvalue weighted by molar-refractivity contribution is 5.82. The van der Waals surface area contributed by atoms with E-state index in [1.807, 2.05) is 44.3 Å². The summed E-state index contributed by atoms with van der Waals surface area (Å²) in [4.78, 5) is 13.3. The molecule has 0 aliphatic carbocycles. The number of nitrogen functional groups attached to an aromatic ring is 1. The van der Waals surface area contributed by atoms with Crippen LogP contribution >= 0.6 is 0 Å². The molecule has 0 aliphatic rings. The van der Waals surface area contributed by atoms with Crippen molar-refractivity contribution < 1.29 is 0 Å². The van der Waals surface area contributed by atoms with Crippen molar-refractivity contribution in [2.24, 2.45) is 0 Å². The molecule has 3 aromatic rings. The fourth-order valence-corrected chi connectivity index (χ4v) is 2.29. The Hall–Kier alpha value is -2.49. The molecule has 2 N–H and O–H groups in total. The molecular weight excluding hydrogens is 248 g/mol. The first-order valence-electron chi connectivity index (χ1n) is 6.57. The van der Waals surface area contributed by atoms with Gasteiger partial charge in [-0.05, 0) is 31.5 Å². The molecule has 0 unspecified atom stereocenters. The van der Waals surface area contributed by atoms with E-state index in [0.29, 0.717) is 12.2 Å². The van der Waals surface area contributed by atoms with Crippen LogP contribution in [0.15, 0.2) is 36.5 Å². The lowest BCUT2D eigenvalue weighted by Crippen LogP contribution is -2.06. The first-order chi connectivity index (χ1) is 9.65. The van der Waals surface area contributed by atoms with E-state index in [0.717, 1.165) is 28.0 Å². The van der Waals surface area contributed by atoms with Crippen LogP contribution < -0.4 is 5.73 Å². The lowest BCUT2D eigenvalue weighted by molar-refractivity contribution is 0.972. The molecular formula is C16H16N4. The van der Waals surface area contributed by atoms with Gasteiger partial charge in [0.1, 0.15) is 5.82 Å². The fraction of sp³-hybridized carbons (Fsp3) is 0.188. The maximum Gasteiger partial charge on any atom is 0.145 e. The van der Waals surface area contributed by atoms with Crippen molar-refractivity contribution in [3.63, 3.8) is 0 Å². The summed E-state index contributed by atoms with van der Waals surface area (Å²) in [5.74, 6) is 0.508. The van der Waals surface area contributed by atoms with E-state index >= 15 is 0 Å². The van der Waals surface area contributed by atoms with E-state index < -0.39 is 0 Å². The molecule has 0 atom stereocenters. The van der Waals surface area contributed by atoms with E-state index in [4.69, 9.17) is 5.73 Å². The van der Waals surface area contributed by atoms with Crippen LogP contribution in [0.2, 0.25) is 0 Å². The number of fused-ring (bicyclic) bond motifs is 1. The molecule has 1 aromatic carbocycles. The zero-order valence-corrected chi connectivity index (χ0v) is 11.6. The molecule has 0 radical (unpaired) electrons. The van der Waals surface area contributed by atoms with Crippen LogP contribution in [0.5, 0.6) is 0 Å². The zero-order chi connectivity index (χ0) is 14.1. The normalized spacial score (nSPS) is 10.9. The van der Waals surface area contributed by atoms with Gasteiger partial charge in [-0.3, -0.25) is 9.97 Å². The minimum absolute atomic E-state index is 0.508. The second-order valence-electron chi connectivity index (χ2n) is 4.89. The molecule has 2 aromatic heterocycles. The Balaban J connectivity index is 2.08. The standard InChI is InChI=1S/C16H16N4/c1-10-11(2)20-16(17)15(19-10)9-12-7-8-18-14-6-4-3-5-13(12)14/h3-8H,9H2,1-2H3,(H2,17,20). The quantitative estimate of drug-likeness (QED) is 0.773. The predicted molar refractivity (Wildman–Crippen MR) is 80.5 cm³/mol. The van der Waals surface area contributed by atoms with Gasteiger partial charge in [0.25, 0.3) is 0 Å². The van der Waals surface area contributed by atoms with Gasteiger partial charge in [-0.25, -0.2) is 4.98 Å². The smallest absolute Gasteiger partial charge is 0.145 e. The summed E-state index contributed by atoms with van der Waals surface area (Å²) in [5.41, 5.74) is 10.8. The maximum absolute atomic E-state index is 5.99. The topological polar surface area (TPSA) is 64.7 Å². The van der Waals surface area contributed by atoms with Crippen molar-refractivity contribution in [3.05, 3.63) is 59.2 Å². The van der Waals surface area contributed by atoms with Gasteiger partial charge >= 0.3 is 0 Å². The Bertz CT molecular complexity index is 775. The summed E-state index contributed by atoms with van der Waals surface area (Å²) >= 11 is 0. The average Bonchev–Trinajstić information content (AvgIpc) is 2.45. The molecule has 4 nitrogen and oxygen atoms in total. The third kappa shape index (κ3) is 2.20. The van der Waals surface area contributed by atoms with Crippen LogP contribution in [0.3, 0.4) is 0 Å². The van der Waals surface area contributed by atoms with Gasteiger partial charge in [0.05, 0.1) is 22.6 Å². The largest absolute Gasteiger partial charge is 0.382 e. The molecule has 0 fully saturated rings. The number of pyridine rings is 1. The van der Waals surface area contributed by atoms with Crippen molar-refractivity contribution in [2.75, 3.05) is 5.73 Å². The monoisotopic (exact) mass is 264 g/mol. The lowest BCUT2D eigenvalue weighted by Gasteiger charge is -2.09. The third-order valence-electron chi connectivity index (χ3n) is 3.51. The van der Waals surface area contributed by atoms with Crippen LogP contribution in [-0.4, -0.2) is 15.0 Å². The van der Waals surface area contributed by atoms with E-state index in [9.17, 15) is 0 Å². The van der Waals surface area contributed by atoms with Gasteiger partial charge in [-0.1, -0.05) is 18.2 Å². The molecule has 0 saturated carbocycles. The number of hydrogen-bond acceptors (Lipinski definition) is 4. The SMILES string of the molecule is Cc1nc(N)c(Cc2ccnc3ccccc23)nc1C. The summed E-state index contributed by atoms with van der Waals surface area (Å²) < 4.78 is 0. The molecule has 0 aliphatic heterocycles. The molecule has 0 amide bonds. The van der Waals surface area contributed by atoms with Crippen LogP contribution in [-0.2, 0) is 6.42 Å². The molecule has 100 valence electrons. The fourth-order valence-electron chi connectivity index (χ4n) is 2.29. The molecule has 4 heteroatoms. The van der Waals surface area contributed by atoms with Gasteiger partial charge < -0.3 is 5.73 Å². The second kappa shape index (κ2) is 4.89. The minimum Gasteiger partial charge on any atom is -0.382 e. The maximum atomic E-state index is 5.99. The second-order valence-corrected chi connectivity index (χ2v) is 4.89. The van der Waals surface area contributed by atoms with Crippen LogP contribution in [0.1, 0.15) is 22.6 Å². The summed E-state index contributed by atoms with van der Waals surface area (Å²) in [7, 11) is 0. The Labute approximate surface area is 117 Å². The number of aromatic nitrogens is 3. The third-order valence-corrected chi connectivity index (χ3v) is 3.51. The molecule has 0 saturated heterocycles. The van der Waals surface area contributed by atoms with Crippen LogP contribution in [0, 0.1) is 13.8 Å². The number of aryl methyl sites for hydroxylation is 2. The summed E-state index contributed by atoms with van der Waals surface area (Å²) in [6.45, 7) is 3.88. The van der Waals surface area contributed by atoms with Crippen molar-refractivity contribution in [1.29, 1.82) is 0 Å². The van der Waals surface area contributed by atoms with Crippen molar-refractivity contribution >= 4 is 16.7 Å². The first kappa shape index (κ1) is 12.5. The zero-order valence-electron chi connectivity index (χ0n) is 11.6. The highest BCUT2D eigenvalue weighted by Crippen LogP contribution is 2.21. The number of hydrogen-bond donors (Lipinski definition) is 1. The van der Waals surface area contributed by atoms with E-state index in [2.05, 4.69) is 21.0 Å². The molecule has 2 heterocycles. The summed E-state index contributed by atoms with van der Waals surface area (Å²) in [6.07, 6.45) is 2.49. The minimum atomic E-state index is 0.508. The van der Waals surface area contributed by atoms with Crippen molar-refractivity contribution in [3.8, 4) is 0 Å². The molecule has 3 rings (SSSR count). The Morgan fingerprint density at radius 1 is 1.00 bits per heavy atom. The van der Waals surface area contributed by atoms with Gasteiger partial charge in [-0.15, -0.1) is 0 Å². The van der Waals surface area contributed by atoms with Crippen LogP contribution in [0.25, 0.3) is 10.9 Å². The van der Waals surface area contributed by atoms with Gasteiger partial charge in [-0.2, -0.15) is 0 Å². The van der Waals surface area contributed by atoms with E-state index in [-0.39, 0.29) is 0 Å². The summed E-state index contributed by atoms with van der Waals surface area (Å²) in [5, 5.41) is 1.13. The van der Waals surface area contributed by atoms with Crippen molar-refractivity contribution in [1.82, 2.24) is 15.0 Å². The van der Waals surface area contributed by atoms with Gasteiger partial charge in [0, 0.05) is 18.0 Å². The number of rotatable bonds is 2. The average molecular weight is 264 g/mol. The van der Waals surface area contributed by atoms with E-state index in [1.54, 1.807) is 0 Å². The molecule has 20 heavy (non-hydrogen) atoms. The number of nitrogens with two attached hydrogens (primary N) is 1. The Morgan fingerprint density at radius 2 is 1.75 bits per heavy atom. The van der Waals surface area contributed by atoms with Crippen LogP contribution in [0.4, 0.5) is 5.82 Å².